The molecule has 1 spiro atoms. The molecule has 0 aromatic rings. The zero-order valence-corrected chi connectivity index (χ0v) is 11.7. The fraction of sp³-hybridized carbons (Fsp3) is 1.00. The van der Waals surface area contributed by atoms with E-state index in [1.807, 2.05) is 0 Å². The van der Waals surface area contributed by atoms with Gasteiger partial charge in [0.25, 0.3) is 0 Å². The number of aliphatic hydroxyl groups is 1. The summed E-state index contributed by atoms with van der Waals surface area (Å²) in [6.45, 7) is 5.29. The monoisotopic (exact) mass is 275 g/mol. The Balaban J connectivity index is 1.59. The van der Waals surface area contributed by atoms with Crippen LogP contribution in [0.25, 0.3) is 0 Å². The summed E-state index contributed by atoms with van der Waals surface area (Å²) >= 11 is 0. The largest absolute Gasteiger partial charge is 0.389 e. The number of methoxy groups -OCH3 is 1. The third-order valence-electron chi connectivity index (χ3n) is 3.64. The number of rotatable bonds is 7. The lowest BCUT2D eigenvalue weighted by atomic mass is 10.0. The molecule has 19 heavy (non-hydrogen) atoms. The maximum absolute atomic E-state index is 9.89. The fourth-order valence-electron chi connectivity index (χ4n) is 2.57. The van der Waals surface area contributed by atoms with Gasteiger partial charge in [-0.2, -0.15) is 0 Å². The van der Waals surface area contributed by atoms with E-state index in [0.717, 1.165) is 25.9 Å². The van der Waals surface area contributed by atoms with Crippen LogP contribution in [0.5, 0.6) is 0 Å². The lowest BCUT2D eigenvalue weighted by Crippen LogP contribution is -2.47. The lowest BCUT2D eigenvalue weighted by molar-refractivity contribution is -0.186. The molecule has 2 fully saturated rings. The topological polar surface area (TPSA) is 60.4 Å². The van der Waals surface area contributed by atoms with Gasteiger partial charge in [0.15, 0.2) is 5.79 Å². The molecule has 2 rings (SSSR count). The SMILES string of the molecule is COCCOCC(O)CN1CCC2(CC1)OCCO2. The molecular weight excluding hydrogens is 250 g/mol. The molecule has 0 radical (unpaired) electrons. The third-order valence-corrected chi connectivity index (χ3v) is 3.64. The predicted molar refractivity (Wildman–Crippen MR) is 69.0 cm³/mol. The van der Waals surface area contributed by atoms with Gasteiger partial charge in [0.2, 0.25) is 0 Å². The Kier molecular flexibility index (Phi) is 6.00. The Morgan fingerprint density at radius 3 is 2.53 bits per heavy atom. The highest BCUT2D eigenvalue weighted by molar-refractivity contribution is 4.83. The van der Waals surface area contributed by atoms with Gasteiger partial charge < -0.3 is 29.0 Å². The van der Waals surface area contributed by atoms with Crippen molar-refractivity contribution in [1.29, 1.82) is 0 Å². The van der Waals surface area contributed by atoms with Gasteiger partial charge in [-0.05, 0) is 0 Å². The average molecular weight is 275 g/mol. The molecule has 6 nitrogen and oxygen atoms in total. The summed E-state index contributed by atoms with van der Waals surface area (Å²) in [7, 11) is 1.64. The summed E-state index contributed by atoms with van der Waals surface area (Å²) in [5.74, 6) is -0.337. The molecule has 2 aliphatic rings. The molecule has 2 aliphatic heterocycles. The molecule has 6 heteroatoms. The third kappa shape index (κ3) is 4.66. The van der Waals surface area contributed by atoms with Crippen molar-refractivity contribution in [3.8, 4) is 0 Å². The van der Waals surface area contributed by atoms with Crippen molar-refractivity contribution in [2.75, 3.05) is 59.8 Å². The molecule has 0 amide bonds. The maximum atomic E-state index is 9.89. The Morgan fingerprint density at radius 1 is 1.21 bits per heavy atom. The molecule has 0 aliphatic carbocycles. The number of nitrogens with zero attached hydrogens (tertiary/aromatic N) is 1. The molecule has 0 saturated carbocycles. The molecule has 1 unspecified atom stereocenters. The van der Waals surface area contributed by atoms with E-state index in [9.17, 15) is 5.11 Å². The van der Waals surface area contributed by atoms with E-state index in [1.165, 1.54) is 0 Å². The molecule has 0 aromatic carbocycles. The van der Waals surface area contributed by atoms with E-state index >= 15 is 0 Å². The number of ether oxygens (including phenoxy) is 4. The predicted octanol–water partition coefficient (Wildman–Crippen LogP) is -0.151. The van der Waals surface area contributed by atoms with E-state index < -0.39 is 6.10 Å². The summed E-state index contributed by atoms with van der Waals surface area (Å²) < 4.78 is 21.6. The van der Waals surface area contributed by atoms with Crippen LogP contribution in [0.3, 0.4) is 0 Å². The van der Waals surface area contributed by atoms with E-state index in [0.29, 0.717) is 39.6 Å². The van der Waals surface area contributed by atoms with Gasteiger partial charge in [-0.15, -0.1) is 0 Å². The number of hydrogen-bond acceptors (Lipinski definition) is 6. The summed E-state index contributed by atoms with van der Waals surface area (Å²) in [5.41, 5.74) is 0. The van der Waals surface area contributed by atoms with Gasteiger partial charge in [0.1, 0.15) is 0 Å². The molecule has 0 aromatic heterocycles. The quantitative estimate of drug-likeness (QED) is 0.652. The number of aliphatic hydroxyl groups excluding tert-OH is 1. The van der Waals surface area contributed by atoms with Crippen molar-refractivity contribution >= 4 is 0 Å². The van der Waals surface area contributed by atoms with Crippen LogP contribution in [0.1, 0.15) is 12.8 Å². The number of β-amino-alcohol motifs (C(OH)–C–C–N with tert-alkyl or cyclic N) is 1. The molecule has 112 valence electrons. The van der Waals surface area contributed by atoms with Crippen LogP contribution in [-0.4, -0.2) is 81.7 Å². The van der Waals surface area contributed by atoms with E-state index in [4.69, 9.17) is 18.9 Å². The highest BCUT2D eigenvalue weighted by Crippen LogP contribution is 2.31. The van der Waals surface area contributed by atoms with E-state index in [2.05, 4.69) is 4.90 Å². The highest BCUT2D eigenvalue weighted by Gasteiger charge is 2.39. The molecule has 1 atom stereocenters. The van der Waals surface area contributed by atoms with Crippen LogP contribution in [-0.2, 0) is 18.9 Å². The van der Waals surface area contributed by atoms with Crippen molar-refractivity contribution < 1.29 is 24.1 Å². The van der Waals surface area contributed by atoms with Crippen LogP contribution in [0.4, 0.5) is 0 Å². The van der Waals surface area contributed by atoms with Crippen molar-refractivity contribution in [3.63, 3.8) is 0 Å². The van der Waals surface area contributed by atoms with Crippen LogP contribution in [0.15, 0.2) is 0 Å². The summed E-state index contributed by atoms with van der Waals surface area (Å²) in [6.07, 6.45) is 1.31. The van der Waals surface area contributed by atoms with Crippen LogP contribution in [0, 0.1) is 0 Å². The second-order valence-electron chi connectivity index (χ2n) is 5.13. The minimum Gasteiger partial charge on any atom is -0.389 e. The van der Waals surface area contributed by atoms with Crippen molar-refractivity contribution in [1.82, 2.24) is 4.90 Å². The zero-order valence-electron chi connectivity index (χ0n) is 11.7. The smallest absolute Gasteiger partial charge is 0.170 e. The van der Waals surface area contributed by atoms with Gasteiger partial charge in [-0.1, -0.05) is 0 Å². The van der Waals surface area contributed by atoms with Gasteiger partial charge in [-0.3, -0.25) is 0 Å². The fourth-order valence-corrected chi connectivity index (χ4v) is 2.57. The Labute approximate surface area is 114 Å². The first-order valence-corrected chi connectivity index (χ1v) is 6.99. The van der Waals surface area contributed by atoms with Gasteiger partial charge in [-0.25, -0.2) is 0 Å². The minimum absolute atomic E-state index is 0.337. The summed E-state index contributed by atoms with van der Waals surface area (Å²) in [4.78, 5) is 2.24. The molecule has 2 heterocycles. The number of likely N-dealkylation sites (tertiary alicyclic amines) is 1. The van der Waals surface area contributed by atoms with Gasteiger partial charge in [0.05, 0.1) is 39.1 Å². The second kappa shape index (κ2) is 7.52. The minimum atomic E-state index is -0.448. The highest BCUT2D eigenvalue weighted by atomic mass is 16.7. The van der Waals surface area contributed by atoms with Crippen molar-refractivity contribution in [3.05, 3.63) is 0 Å². The number of piperidine rings is 1. The zero-order chi connectivity index (χ0) is 13.6. The first-order chi connectivity index (χ1) is 9.24. The van der Waals surface area contributed by atoms with Gasteiger partial charge in [0, 0.05) is 39.6 Å². The second-order valence-corrected chi connectivity index (χ2v) is 5.13. The first kappa shape index (κ1) is 15.2. The maximum Gasteiger partial charge on any atom is 0.170 e. The lowest BCUT2D eigenvalue weighted by Gasteiger charge is -2.38. The van der Waals surface area contributed by atoms with Crippen molar-refractivity contribution in [2.45, 2.75) is 24.7 Å². The first-order valence-electron chi connectivity index (χ1n) is 6.99. The van der Waals surface area contributed by atoms with Crippen LogP contribution >= 0.6 is 0 Å². The molecule has 2 saturated heterocycles. The molecule has 0 bridgehead atoms. The van der Waals surface area contributed by atoms with Crippen LogP contribution in [0.2, 0.25) is 0 Å². The van der Waals surface area contributed by atoms with E-state index in [1.54, 1.807) is 7.11 Å². The Morgan fingerprint density at radius 2 is 1.89 bits per heavy atom. The summed E-state index contributed by atoms with van der Waals surface area (Å²) in [5, 5.41) is 9.89. The van der Waals surface area contributed by atoms with E-state index in [-0.39, 0.29) is 5.79 Å². The normalized spacial score (nSPS) is 24.9. The Bertz CT molecular complexity index is 247. The standard InChI is InChI=1S/C13H25NO5/c1-16-6-7-17-11-12(15)10-14-4-2-13(3-5-14)18-8-9-19-13/h12,15H,2-11H2,1H3. The Hall–Kier alpha value is -0.240. The van der Waals surface area contributed by atoms with Gasteiger partial charge >= 0.3 is 0 Å². The van der Waals surface area contributed by atoms with Crippen molar-refractivity contribution in [2.24, 2.45) is 0 Å². The average Bonchev–Trinajstić information content (AvgIpc) is 2.86. The van der Waals surface area contributed by atoms with Crippen LogP contribution < -0.4 is 0 Å². The molecular formula is C13H25NO5. The molecule has 1 N–H and O–H groups in total. The summed E-state index contributed by atoms with van der Waals surface area (Å²) in [6, 6.07) is 0. The number of hydrogen-bond donors (Lipinski definition) is 1.